The largest absolute Gasteiger partial charge is 0.483 e. The summed E-state index contributed by atoms with van der Waals surface area (Å²) in [6, 6.07) is 4.80. The molecule has 0 aliphatic carbocycles. The van der Waals surface area contributed by atoms with Crippen LogP contribution in [0.1, 0.15) is 11.1 Å². The number of ether oxygens (including phenoxy) is 1. The molecule has 0 saturated heterocycles. The standard InChI is InChI=1S/C14H9ClF4O/c15-6-8-3-12(18)14(13(19)4-8)20-7-9-5-10(16)1-2-11(9)17/h1-5H,6-7H2. The van der Waals surface area contributed by atoms with Crippen molar-refractivity contribution in [2.24, 2.45) is 0 Å². The van der Waals surface area contributed by atoms with Crippen LogP contribution in [0.15, 0.2) is 30.3 Å². The van der Waals surface area contributed by atoms with Crippen molar-refractivity contribution >= 4 is 11.6 Å². The molecule has 0 aliphatic rings. The van der Waals surface area contributed by atoms with Crippen molar-refractivity contribution in [1.82, 2.24) is 0 Å². The first-order valence-corrected chi connectivity index (χ1v) is 6.15. The van der Waals surface area contributed by atoms with Crippen molar-refractivity contribution in [3.05, 3.63) is 64.7 Å². The summed E-state index contributed by atoms with van der Waals surface area (Å²) in [6.07, 6.45) is 0. The van der Waals surface area contributed by atoms with Gasteiger partial charge >= 0.3 is 0 Å². The minimum absolute atomic E-state index is 0.0490. The fourth-order valence-corrected chi connectivity index (χ4v) is 1.79. The summed E-state index contributed by atoms with van der Waals surface area (Å²) < 4.78 is 58.4. The number of hydrogen-bond acceptors (Lipinski definition) is 1. The number of hydrogen-bond donors (Lipinski definition) is 0. The molecule has 0 aliphatic heterocycles. The minimum atomic E-state index is -0.947. The molecule has 0 heterocycles. The van der Waals surface area contributed by atoms with E-state index in [9.17, 15) is 17.6 Å². The predicted octanol–water partition coefficient (Wildman–Crippen LogP) is 4.56. The van der Waals surface area contributed by atoms with Gasteiger partial charge in [-0.05, 0) is 35.9 Å². The molecule has 6 heteroatoms. The van der Waals surface area contributed by atoms with Gasteiger partial charge in [0.2, 0.25) is 0 Å². The SMILES string of the molecule is Fc1ccc(F)c(COc2c(F)cc(CCl)cc2F)c1. The summed E-state index contributed by atoms with van der Waals surface area (Å²) in [5, 5.41) is 0. The molecule has 20 heavy (non-hydrogen) atoms. The van der Waals surface area contributed by atoms with Gasteiger partial charge in [0.25, 0.3) is 0 Å². The summed E-state index contributed by atoms with van der Waals surface area (Å²) in [5.41, 5.74) is 0.121. The Morgan fingerprint density at radius 1 is 0.900 bits per heavy atom. The second-order valence-corrected chi connectivity index (χ2v) is 4.31. The molecule has 0 bridgehead atoms. The lowest BCUT2D eigenvalue weighted by Crippen LogP contribution is -2.03. The first-order valence-electron chi connectivity index (χ1n) is 5.62. The van der Waals surface area contributed by atoms with Gasteiger partial charge in [-0.3, -0.25) is 0 Å². The van der Waals surface area contributed by atoms with Crippen LogP contribution in [0.4, 0.5) is 17.6 Å². The highest BCUT2D eigenvalue weighted by Gasteiger charge is 2.14. The van der Waals surface area contributed by atoms with E-state index in [1.54, 1.807) is 0 Å². The van der Waals surface area contributed by atoms with Crippen LogP contribution in [0, 0.1) is 23.3 Å². The molecule has 2 rings (SSSR count). The van der Waals surface area contributed by atoms with Crippen molar-refractivity contribution in [2.75, 3.05) is 0 Å². The Hall–Kier alpha value is -1.75. The second-order valence-electron chi connectivity index (χ2n) is 4.05. The Balaban J connectivity index is 2.21. The van der Waals surface area contributed by atoms with E-state index >= 15 is 0 Å². The van der Waals surface area contributed by atoms with Crippen molar-refractivity contribution in [3.63, 3.8) is 0 Å². The maximum atomic E-state index is 13.6. The van der Waals surface area contributed by atoms with E-state index in [0.29, 0.717) is 0 Å². The van der Waals surface area contributed by atoms with E-state index in [-0.39, 0.29) is 17.0 Å². The van der Waals surface area contributed by atoms with Gasteiger partial charge in [0.05, 0.1) is 0 Å². The molecule has 0 saturated carbocycles. The van der Waals surface area contributed by atoms with Crippen LogP contribution in [0.3, 0.4) is 0 Å². The van der Waals surface area contributed by atoms with Crippen LogP contribution in [0.2, 0.25) is 0 Å². The third kappa shape index (κ3) is 3.22. The van der Waals surface area contributed by atoms with Crippen molar-refractivity contribution < 1.29 is 22.3 Å². The second kappa shape index (κ2) is 6.13. The number of alkyl halides is 1. The average Bonchev–Trinajstić information content (AvgIpc) is 2.41. The Bertz CT molecular complexity index is 608. The molecule has 0 spiro atoms. The topological polar surface area (TPSA) is 9.23 Å². The summed E-state index contributed by atoms with van der Waals surface area (Å²) in [6.45, 7) is -0.488. The van der Waals surface area contributed by atoms with E-state index in [4.69, 9.17) is 16.3 Å². The zero-order valence-corrected chi connectivity index (χ0v) is 10.9. The minimum Gasteiger partial charge on any atom is -0.483 e. The normalized spacial score (nSPS) is 10.7. The predicted molar refractivity (Wildman–Crippen MR) is 66.6 cm³/mol. The Morgan fingerprint density at radius 2 is 1.55 bits per heavy atom. The molecule has 1 nitrogen and oxygen atoms in total. The van der Waals surface area contributed by atoms with Gasteiger partial charge in [-0.1, -0.05) is 0 Å². The Morgan fingerprint density at radius 3 is 2.15 bits per heavy atom. The maximum absolute atomic E-state index is 13.6. The first-order chi connectivity index (χ1) is 9.51. The monoisotopic (exact) mass is 304 g/mol. The van der Waals surface area contributed by atoms with E-state index in [2.05, 4.69) is 0 Å². The fourth-order valence-electron chi connectivity index (χ4n) is 1.63. The third-order valence-electron chi connectivity index (χ3n) is 2.59. The van der Waals surface area contributed by atoms with Crippen molar-refractivity contribution in [1.29, 1.82) is 0 Å². The molecule has 2 aromatic rings. The van der Waals surface area contributed by atoms with E-state index in [1.807, 2.05) is 0 Å². The molecule has 0 radical (unpaired) electrons. The summed E-state index contributed by atoms with van der Waals surface area (Å²) >= 11 is 5.47. The summed E-state index contributed by atoms with van der Waals surface area (Å²) in [7, 11) is 0. The molecule has 0 unspecified atom stereocenters. The number of rotatable bonds is 4. The number of halogens is 5. The van der Waals surface area contributed by atoms with Gasteiger partial charge in [-0.25, -0.2) is 17.6 Å². The van der Waals surface area contributed by atoms with Crippen LogP contribution in [-0.2, 0) is 12.5 Å². The van der Waals surface area contributed by atoms with E-state index < -0.39 is 35.6 Å². The van der Waals surface area contributed by atoms with Crippen molar-refractivity contribution in [3.8, 4) is 5.75 Å². The third-order valence-corrected chi connectivity index (χ3v) is 2.90. The number of benzene rings is 2. The lowest BCUT2D eigenvalue weighted by molar-refractivity contribution is 0.268. The van der Waals surface area contributed by atoms with Crippen LogP contribution in [0.25, 0.3) is 0 Å². The quantitative estimate of drug-likeness (QED) is 0.594. The summed E-state index contributed by atoms with van der Waals surface area (Å²) in [5.74, 6) is -3.97. The molecule has 0 N–H and O–H groups in total. The van der Waals surface area contributed by atoms with Crippen molar-refractivity contribution in [2.45, 2.75) is 12.5 Å². The Kier molecular flexibility index (Phi) is 4.49. The van der Waals surface area contributed by atoms with Gasteiger partial charge in [0.15, 0.2) is 17.4 Å². The summed E-state index contributed by atoms with van der Waals surface area (Å²) in [4.78, 5) is 0. The molecule has 0 amide bonds. The van der Waals surface area contributed by atoms with Gasteiger partial charge in [0.1, 0.15) is 18.2 Å². The van der Waals surface area contributed by atoms with Gasteiger partial charge in [-0.2, -0.15) is 0 Å². The molecule has 0 aromatic heterocycles. The fraction of sp³-hybridized carbons (Fsp3) is 0.143. The highest BCUT2D eigenvalue weighted by atomic mass is 35.5. The maximum Gasteiger partial charge on any atom is 0.191 e. The molecular formula is C14H9ClF4O. The van der Waals surface area contributed by atoms with E-state index in [0.717, 1.165) is 30.3 Å². The van der Waals surface area contributed by atoms with E-state index in [1.165, 1.54) is 0 Å². The highest BCUT2D eigenvalue weighted by Crippen LogP contribution is 2.25. The zero-order valence-electron chi connectivity index (χ0n) is 10.1. The molecule has 2 aromatic carbocycles. The van der Waals surface area contributed by atoms with Crippen LogP contribution in [0.5, 0.6) is 5.75 Å². The van der Waals surface area contributed by atoms with Gasteiger partial charge in [-0.15, -0.1) is 11.6 Å². The Labute approximate surface area is 117 Å². The average molecular weight is 305 g/mol. The highest BCUT2D eigenvalue weighted by molar-refractivity contribution is 6.17. The van der Waals surface area contributed by atoms with Gasteiger partial charge < -0.3 is 4.74 Å². The van der Waals surface area contributed by atoms with Crippen LogP contribution in [-0.4, -0.2) is 0 Å². The molecule has 0 atom stereocenters. The first kappa shape index (κ1) is 14.7. The van der Waals surface area contributed by atoms with Crippen LogP contribution < -0.4 is 4.74 Å². The van der Waals surface area contributed by atoms with Crippen LogP contribution >= 0.6 is 11.6 Å². The van der Waals surface area contributed by atoms with Gasteiger partial charge in [0, 0.05) is 11.4 Å². The molecule has 0 fully saturated rings. The smallest absolute Gasteiger partial charge is 0.191 e. The molecular weight excluding hydrogens is 296 g/mol. The zero-order chi connectivity index (χ0) is 14.7. The lowest BCUT2D eigenvalue weighted by Gasteiger charge is -2.10. The molecule has 106 valence electrons. The lowest BCUT2D eigenvalue weighted by atomic mass is 10.2.